The van der Waals surface area contributed by atoms with Crippen LogP contribution in [0.5, 0.6) is 0 Å². The number of carbonyl (C=O) groups excluding carboxylic acids is 2. The zero-order valence-corrected chi connectivity index (χ0v) is 19.0. The average Bonchev–Trinajstić information content (AvgIpc) is 2.84. The van der Waals surface area contributed by atoms with E-state index in [2.05, 4.69) is 12.2 Å². The standard InChI is InChI=1S/C28H31FN2O2/c1-2-3-18-30-28(33)26(19-22-12-6-4-7-13-22)31(21-23-14-8-5-9-15-23)27(32)20-24-16-10-11-17-25(24)29/h4-17,26H,2-3,18-21H2,1H3,(H,30,33). The Hall–Kier alpha value is -3.47. The van der Waals surface area contributed by atoms with E-state index in [0.29, 0.717) is 18.5 Å². The summed E-state index contributed by atoms with van der Waals surface area (Å²) in [7, 11) is 0. The summed E-state index contributed by atoms with van der Waals surface area (Å²) < 4.78 is 14.3. The lowest BCUT2D eigenvalue weighted by Gasteiger charge is -2.31. The molecule has 0 aliphatic heterocycles. The molecule has 0 spiro atoms. The van der Waals surface area contributed by atoms with Gasteiger partial charge in [-0.1, -0.05) is 92.2 Å². The molecule has 3 aromatic rings. The summed E-state index contributed by atoms with van der Waals surface area (Å²) in [5, 5.41) is 2.99. The number of amides is 2. The van der Waals surface area contributed by atoms with Crippen molar-refractivity contribution in [2.45, 2.75) is 45.2 Å². The van der Waals surface area contributed by atoms with Crippen molar-refractivity contribution >= 4 is 11.8 Å². The van der Waals surface area contributed by atoms with Crippen molar-refractivity contribution in [1.82, 2.24) is 10.2 Å². The van der Waals surface area contributed by atoms with Gasteiger partial charge >= 0.3 is 0 Å². The molecule has 0 bridgehead atoms. The van der Waals surface area contributed by atoms with Crippen LogP contribution in [0.4, 0.5) is 4.39 Å². The summed E-state index contributed by atoms with van der Waals surface area (Å²) in [6, 6.07) is 24.8. The Morgan fingerprint density at radius 3 is 2.12 bits per heavy atom. The first-order valence-electron chi connectivity index (χ1n) is 11.5. The number of nitrogens with one attached hydrogen (secondary N) is 1. The Labute approximate surface area is 195 Å². The van der Waals surface area contributed by atoms with Crippen LogP contribution in [0.2, 0.25) is 0 Å². The lowest BCUT2D eigenvalue weighted by atomic mass is 10.0. The van der Waals surface area contributed by atoms with Crippen LogP contribution in [0.1, 0.15) is 36.5 Å². The van der Waals surface area contributed by atoms with Crippen LogP contribution in [0.25, 0.3) is 0 Å². The summed E-state index contributed by atoms with van der Waals surface area (Å²) in [6.07, 6.45) is 2.11. The molecule has 3 aromatic carbocycles. The molecule has 1 N–H and O–H groups in total. The van der Waals surface area contributed by atoms with E-state index < -0.39 is 11.9 Å². The molecule has 0 heterocycles. The van der Waals surface area contributed by atoms with Crippen molar-refractivity contribution in [2.24, 2.45) is 0 Å². The van der Waals surface area contributed by atoms with Crippen molar-refractivity contribution in [2.75, 3.05) is 6.54 Å². The fraction of sp³-hybridized carbons (Fsp3) is 0.286. The largest absolute Gasteiger partial charge is 0.354 e. The average molecular weight is 447 g/mol. The number of nitrogens with zero attached hydrogens (tertiary/aromatic N) is 1. The third kappa shape index (κ3) is 7.28. The van der Waals surface area contributed by atoms with Crippen LogP contribution in [0, 0.1) is 5.82 Å². The molecule has 2 amide bonds. The second-order valence-corrected chi connectivity index (χ2v) is 8.13. The van der Waals surface area contributed by atoms with Crippen LogP contribution < -0.4 is 5.32 Å². The van der Waals surface area contributed by atoms with Gasteiger partial charge in [0.1, 0.15) is 11.9 Å². The van der Waals surface area contributed by atoms with Gasteiger partial charge in [0.15, 0.2) is 0 Å². The van der Waals surface area contributed by atoms with Gasteiger partial charge in [-0.05, 0) is 29.2 Å². The first kappa shape index (κ1) is 24.2. The molecule has 33 heavy (non-hydrogen) atoms. The van der Waals surface area contributed by atoms with Gasteiger partial charge in [-0.25, -0.2) is 4.39 Å². The molecule has 1 atom stereocenters. The molecule has 172 valence electrons. The van der Waals surface area contributed by atoms with E-state index in [4.69, 9.17) is 0 Å². The van der Waals surface area contributed by atoms with E-state index in [-0.39, 0.29) is 24.8 Å². The monoisotopic (exact) mass is 446 g/mol. The molecular formula is C28H31FN2O2. The van der Waals surface area contributed by atoms with Gasteiger partial charge in [0.2, 0.25) is 11.8 Å². The minimum atomic E-state index is -0.705. The Morgan fingerprint density at radius 1 is 0.879 bits per heavy atom. The highest BCUT2D eigenvalue weighted by Gasteiger charge is 2.30. The lowest BCUT2D eigenvalue weighted by molar-refractivity contribution is -0.140. The Kier molecular flexibility index (Phi) is 9.19. The van der Waals surface area contributed by atoms with Gasteiger partial charge in [0.05, 0.1) is 6.42 Å². The Balaban J connectivity index is 1.92. The fourth-order valence-electron chi connectivity index (χ4n) is 3.75. The first-order chi connectivity index (χ1) is 16.1. The molecule has 0 aliphatic carbocycles. The van der Waals surface area contributed by atoms with Gasteiger partial charge < -0.3 is 10.2 Å². The van der Waals surface area contributed by atoms with Gasteiger partial charge in [-0.3, -0.25) is 9.59 Å². The molecular weight excluding hydrogens is 415 g/mol. The molecule has 4 nitrogen and oxygen atoms in total. The van der Waals surface area contributed by atoms with E-state index in [9.17, 15) is 14.0 Å². The summed E-state index contributed by atoms with van der Waals surface area (Å²) in [5.41, 5.74) is 2.20. The molecule has 0 saturated heterocycles. The maximum atomic E-state index is 14.3. The maximum absolute atomic E-state index is 14.3. The lowest BCUT2D eigenvalue weighted by Crippen LogP contribution is -2.51. The van der Waals surface area contributed by atoms with Crippen molar-refractivity contribution < 1.29 is 14.0 Å². The third-order valence-electron chi connectivity index (χ3n) is 5.60. The number of unbranched alkanes of at least 4 members (excludes halogenated alkanes) is 1. The van der Waals surface area contributed by atoms with Gasteiger partial charge in [0, 0.05) is 19.5 Å². The number of hydrogen-bond acceptors (Lipinski definition) is 2. The Morgan fingerprint density at radius 2 is 1.48 bits per heavy atom. The highest BCUT2D eigenvalue weighted by Crippen LogP contribution is 2.17. The summed E-state index contributed by atoms with van der Waals surface area (Å²) in [5.74, 6) is -0.891. The van der Waals surface area contributed by atoms with Crippen LogP contribution in [0.3, 0.4) is 0 Å². The zero-order chi connectivity index (χ0) is 23.5. The van der Waals surface area contributed by atoms with E-state index in [1.54, 1.807) is 23.1 Å². The van der Waals surface area contributed by atoms with E-state index >= 15 is 0 Å². The first-order valence-corrected chi connectivity index (χ1v) is 11.5. The van der Waals surface area contributed by atoms with Crippen LogP contribution in [-0.2, 0) is 29.0 Å². The number of carbonyl (C=O) groups is 2. The predicted octanol–water partition coefficient (Wildman–Crippen LogP) is 4.92. The summed E-state index contributed by atoms with van der Waals surface area (Å²) >= 11 is 0. The van der Waals surface area contributed by atoms with Gasteiger partial charge in [-0.15, -0.1) is 0 Å². The molecule has 5 heteroatoms. The molecule has 0 radical (unpaired) electrons. The smallest absolute Gasteiger partial charge is 0.243 e. The summed E-state index contributed by atoms with van der Waals surface area (Å²) in [6.45, 7) is 2.89. The Bertz CT molecular complexity index is 1020. The van der Waals surface area contributed by atoms with E-state index in [1.165, 1.54) is 6.07 Å². The van der Waals surface area contributed by atoms with E-state index in [0.717, 1.165) is 24.0 Å². The maximum Gasteiger partial charge on any atom is 0.243 e. The number of benzene rings is 3. The third-order valence-corrected chi connectivity index (χ3v) is 5.60. The SMILES string of the molecule is CCCCNC(=O)C(Cc1ccccc1)N(Cc1ccccc1)C(=O)Cc1ccccc1F. The molecule has 3 rings (SSSR count). The topological polar surface area (TPSA) is 49.4 Å². The minimum absolute atomic E-state index is 0.104. The van der Waals surface area contributed by atoms with Crippen molar-refractivity contribution in [3.05, 3.63) is 107 Å². The summed E-state index contributed by atoms with van der Waals surface area (Å²) in [4.78, 5) is 28.4. The zero-order valence-electron chi connectivity index (χ0n) is 19.0. The number of hydrogen-bond donors (Lipinski definition) is 1. The van der Waals surface area contributed by atoms with Crippen molar-refractivity contribution in [1.29, 1.82) is 0 Å². The van der Waals surface area contributed by atoms with Gasteiger partial charge in [-0.2, -0.15) is 0 Å². The van der Waals surface area contributed by atoms with Crippen LogP contribution in [-0.4, -0.2) is 29.3 Å². The molecule has 0 saturated carbocycles. The molecule has 0 aromatic heterocycles. The van der Waals surface area contributed by atoms with Crippen LogP contribution >= 0.6 is 0 Å². The highest BCUT2D eigenvalue weighted by molar-refractivity contribution is 5.88. The molecule has 1 unspecified atom stereocenters. The molecule has 0 aliphatic rings. The number of rotatable bonds is 11. The van der Waals surface area contributed by atoms with Crippen molar-refractivity contribution in [3.8, 4) is 0 Å². The van der Waals surface area contributed by atoms with Gasteiger partial charge in [0.25, 0.3) is 0 Å². The predicted molar refractivity (Wildman–Crippen MR) is 129 cm³/mol. The second-order valence-electron chi connectivity index (χ2n) is 8.13. The highest BCUT2D eigenvalue weighted by atomic mass is 19.1. The quantitative estimate of drug-likeness (QED) is 0.425. The van der Waals surface area contributed by atoms with Crippen molar-refractivity contribution in [3.63, 3.8) is 0 Å². The second kappa shape index (κ2) is 12.5. The van der Waals surface area contributed by atoms with E-state index in [1.807, 2.05) is 60.7 Å². The fourth-order valence-corrected chi connectivity index (χ4v) is 3.75. The van der Waals surface area contributed by atoms with Crippen LogP contribution in [0.15, 0.2) is 84.9 Å². The normalized spacial score (nSPS) is 11.6. The molecule has 0 fully saturated rings. The minimum Gasteiger partial charge on any atom is -0.354 e. The number of halogens is 1.